The summed E-state index contributed by atoms with van der Waals surface area (Å²) in [6, 6.07) is 8.60. The molecule has 0 unspecified atom stereocenters. The van der Waals surface area contributed by atoms with Gasteiger partial charge in [0.05, 0.1) is 78.1 Å². The lowest BCUT2D eigenvalue weighted by Gasteiger charge is -2.45. The smallest absolute Gasteiger partial charge is 0.276 e. The molecule has 2 fully saturated rings. The molecule has 0 bridgehead atoms. The maximum atomic E-state index is 16.0. The van der Waals surface area contributed by atoms with E-state index in [0.29, 0.717) is 11.3 Å². The number of amides is 2. The Kier molecular flexibility index (Phi) is 18.0. The number of aryl methyl sites for hydroxylation is 2. The normalized spacial score (nSPS) is 15.4. The number of nitrogens with two attached hydrogens (primary N) is 1. The zero-order valence-electron chi connectivity index (χ0n) is 50.1. The Morgan fingerprint density at radius 1 is 0.641 bits per heavy atom. The number of benzene rings is 2. The van der Waals surface area contributed by atoms with Crippen LogP contribution in [-0.4, -0.2) is 102 Å². The fraction of sp³-hybridized carbons (Fsp3) is 0.281. The van der Waals surface area contributed by atoms with E-state index in [2.05, 4.69) is 22.6 Å². The molecule has 2 saturated heterocycles. The van der Waals surface area contributed by atoms with Crippen molar-refractivity contribution < 1.29 is 40.3 Å². The molecule has 2 aliphatic rings. The highest BCUT2D eigenvalue weighted by Crippen LogP contribution is 2.46. The van der Waals surface area contributed by atoms with Crippen LogP contribution in [0.15, 0.2) is 58.8 Å². The van der Waals surface area contributed by atoms with Gasteiger partial charge in [0.2, 0.25) is 17.6 Å². The molecule has 6 aromatic heterocycles. The van der Waals surface area contributed by atoms with E-state index in [-0.39, 0.29) is 123 Å². The molecule has 0 saturated carbocycles. The second-order valence-electron chi connectivity index (χ2n) is 22.8. The van der Waals surface area contributed by atoms with Gasteiger partial charge in [-0.25, -0.2) is 40.7 Å². The largest absolute Gasteiger partial charge is 0.397 e. The summed E-state index contributed by atoms with van der Waals surface area (Å²) in [5.74, 6) is -15.9. The molecule has 474 valence electrons. The van der Waals surface area contributed by atoms with Crippen molar-refractivity contribution in [3.63, 3.8) is 0 Å². The van der Waals surface area contributed by atoms with Crippen molar-refractivity contribution in [2.45, 2.75) is 79.3 Å². The second-order valence-corrected chi connectivity index (χ2v) is 24.4. The molecule has 8 aromatic rings. The van der Waals surface area contributed by atoms with E-state index in [4.69, 9.17) is 62.1 Å². The third-order valence-electron chi connectivity index (χ3n) is 16.3. The second kappa shape index (κ2) is 25.2. The number of nitriles is 2. The van der Waals surface area contributed by atoms with Crippen LogP contribution >= 0.6 is 46.4 Å². The number of halogens is 11. The first kappa shape index (κ1) is 65.9. The summed E-state index contributed by atoms with van der Waals surface area (Å²) in [6.07, 6.45) is 5.37. The number of pyridine rings is 6. The highest BCUT2D eigenvalue weighted by molar-refractivity contribution is 6.38. The SMILES string of the molecule is C=CC(=O)N1[C@H](C)CN(c2c(C#N)c(=O)n(-c3c(C)cc(/C=C\C(=O)N4CCN(c5c(C#N)c(=O)n(-c6c(C)ccnc6C(C)C)c6nc(-c7c(N)c(Cl)c(F)c(Cl)c7F)c(Cl)cc56)CC4)nc3C(C)C)c3nc(-c4c(F)c(F)c(F)c(F)c4F)c(Cl)cc23)C[C@@H]1C. The summed E-state index contributed by atoms with van der Waals surface area (Å²) < 4.78 is 109. The van der Waals surface area contributed by atoms with Crippen molar-refractivity contribution in [3.8, 4) is 46.0 Å². The number of carbonyl (C=O) groups is 2. The quantitative estimate of drug-likeness (QED) is 0.0420. The molecular weight excluding hydrogens is 1290 g/mol. The molecule has 2 aliphatic heterocycles. The molecule has 17 nitrogen and oxygen atoms in total. The third-order valence-corrected chi connectivity index (χ3v) is 17.5. The minimum atomic E-state index is -2.44. The fourth-order valence-electron chi connectivity index (χ4n) is 12.1. The third kappa shape index (κ3) is 10.9. The van der Waals surface area contributed by atoms with Crippen LogP contribution < -0.4 is 26.7 Å². The summed E-state index contributed by atoms with van der Waals surface area (Å²) in [7, 11) is 0. The van der Waals surface area contributed by atoms with Crippen LogP contribution in [0.25, 0.3) is 62.0 Å². The topological polar surface area (TPSA) is 216 Å². The van der Waals surface area contributed by atoms with Gasteiger partial charge >= 0.3 is 0 Å². The van der Waals surface area contributed by atoms with Crippen LogP contribution in [0.1, 0.15) is 92.7 Å². The first-order valence-electron chi connectivity index (χ1n) is 28.4. The first-order valence-corrected chi connectivity index (χ1v) is 29.9. The molecule has 10 rings (SSSR count). The summed E-state index contributed by atoms with van der Waals surface area (Å²) in [6.45, 7) is 17.6. The summed E-state index contributed by atoms with van der Waals surface area (Å²) in [5.41, 5.74) is 1.07. The Labute approximate surface area is 540 Å². The number of carbonyl (C=O) groups excluding carboxylic acids is 2. The van der Waals surface area contributed by atoms with Crippen molar-refractivity contribution >= 4 is 103 Å². The highest BCUT2D eigenvalue weighted by atomic mass is 35.5. The van der Waals surface area contributed by atoms with E-state index in [1.807, 2.05) is 19.9 Å². The number of hydrogen-bond acceptors (Lipinski definition) is 13. The zero-order valence-corrected chi connectivity index (χ0v) is 53.1. The van der Waals surface area contributed by atoms with Gasteiger partial charge in [-0.05, 0) is 87.1 Å². The van der Waals surface area contributed by atoms with Gasteiger partial charge in [-0.1, -0.05) is 80.7 Å². The Morgan fingerprint density at radius 3 is 1.63 bits per heavy atom. The first-order chi connectivity index (χ1) is 43.5. The van der Waals surface area contributed by atoms with Gasteiger partial charge in [0, 0.05) is 74.4 Å². The summed E-state index contributed by atoms with van der Waals surface area (Å²) in [4.78, 5) is 82.4. The number of nitrogen functional groups attached to an aromatic ring is 1. The van der Waals surface area contributed by atoms with Crippen LogP contribution in [0.3, 0.4) is 0 Å². The lowest BCUT2D eigenvalue weighted by molar-refractivity contribution is -0.130. The van der Waals surface area contributed by atoms with Gasteiger partial charge in [-0.2, -0.15) is 10.5 Å². The van der Waals surface area contributed by atoms with Crippen LogP contribution in [0.2, 0.25) is 20.1 Å². The number of hydrogen-bond donors (Lipinski definition) is 1. The molecule has 2 aromatic carbocycles. The lowest BCUT2D eigenvalue weighted by Crippen LogP contribution is -2.58. The van der Waals surface area contributed by atoms with E-state index in [1.165, 1.54) is 33.8 Å². The van der Waals surface area contributed by atoms with E-state index >= 15 is 22.8 Å². The number of rotatable bonds is 11. The summed E-state index contributed by atoms with van der Waals surface area (Å²) >= 11 is 25.9. The Balaban J connectivity index is 1.04. The average molecular weight is 1340 g/mol. The van der Waals surface area contributed by atoms with E-state index < -0.39 is 125 Å². The molecule has 0 aliphatic carbocycles. The van der Waals surface area contributed by atoms with E-state index in [0.717, 1.165) is 16.7 Å². The van der Waals surface area contributed by atoms with Crippen LogP contribution in [-0.2, 0) is 9.59 Å². The number of piperazine rings is 2. The van der Waals surface area contributed by atoms with Gasteiger partial charge in [0.1, 0.15) is 44.6 Å². The Morgan fingerprint density at radius 2 is 1.13 bits per heavy atom. The number of nitrogens with zero attached hydrogens (tertiary/aromatic N) is 12. The van der Waals surface area contributed by atoms with Gasteiger partial charge in [0.15, 0.2) is 34.9 Å². The molecule has 0 spiro atoms. The standard InChI is InChI=1S/C64H52Cl4F7N13O4/c1-10-39(89)86-30(8)24-85(25-31(86)9)60-34-21-37(65)55(41-46(70)49(73)51(75)50(74)47(41)71)81-62(34)88(64(92)36(60)23-77)58-29(7)19-32(80-54(58)27(4)5)11-12-40(90)83-15-17-84(18-16-83)59-33-20-38(66)56(42-45(69)43(67)48(72)44(68)52(42)78)82-61(33)87(63(91)35(59)22-76)57-28(6)13-14-79-53(57)26(2)3/h10-14,19-21,26-27,30-31H,1,15-18,24-25,78H2,2-9H3/b12-11-/t30-,31+. The molecule has 2 atom stereocenters. The lowest BCUT2D eigenvalue weighted by atomic mass is 10.00. The zero-order chi connectivity index (χ0) is 67.1. The number of anilines is 3. The van der Waals surface area contributed by atoms with Gasteiger partial charge in [-0.3, -0.25) is 38.3 Å². The maximum absolute atomic E-state index is 16.0. The molecule has 0 radical (unpaired) electrons. The minimum absolute atomic E-state index is 0.0140. The number of fused-ring (bicyclic) bond motifs is 2. The van der Waals surface area contributed by atoms with Gasteiger partial charge in [0.25, 0.3) is 11.1 Å². The van der Waals surface area contributed by atoms with Gasteiger partial charge in [-0.15, -0.1) is 0 Å². The van der Waals surface area contributed by atoms with E-state index in [1.54, 1.807) is 68.5 Å². The van der Waals surface area contributed by atoms with E-state index in [9.17, 15) is 37.7 Å². The van der Waals surface area contributed by atoms with Crippen molar-refractivity contribution in [3.05, 3.63) is 170 Å². The van der Waals surface area contributed by atoms with Gasteiger partial charge < -0.3 is 25.3 Å². The van der Waals surface area contributed by atoms with Crippen molar-refractivity contribution in [1.29, 1.82) is 10.5 Å². The highest BCUT2D eigenvalue weighted by Gasteiger charge is 2.38. The minimum Gasteiger partial charge on any atom is -0.397 e. The van der Waals surface area contributed by atoms with Crippen molar-refractivity contribution in [2.24, 2.45) is 0 Å². The molecule has 2 amide bonds. The number of aromatic nitrogens is 6. The van der Waals surface area contributed by atoms with Crippen molar-refractivity contribution in [2.75, 3.05) is 54.8 Å². The summed E-state index contributed by atoms with van der Waals surface area (Å²) in [5, 5.41) is 19.3. The van der Waals surface area contributed by atoms with Crippen molar-refractivity contribution in [1.82, 2.24) is 38.9 Å². The molecule has 28 heteroatoms. The molecular formula is C64H52Cl4F7N13O4. The predicted molar refractivity (Wildman–Crippen MR) is 338 cm³/mol. The van der Waals surface area contributed by atoms with Crippen LogP contribution in [0.4, 0.5) is 47.8 Å². The van der Waals surface area contributed by atoms with Crippen LogP contribution in [0.5, 0.6) is 0 Å². The van der Waals surface area contributed by atoms with Crippen LogP contribution in [0, 0.1) is 77.2 Å². The Hall–Kier alpha value is -9.07. The average Bonchev–Trinajstić information content (AvgIpc) is 0.732. The molecule has 2 N–H and O–H groups in total. The fourth-order valence-corrected chi connectivity index (χ4v) is 13.0. The molecule has 8 heterocycles. The maximum Gasteiger partial charge on any atom is 0.276 e. The predicted octanol–water partition coefficient (Wildman–Crippen LogP) is 13.0. The monoisotopic (exact) mass is 1340 g/mol. The molecule has 92 heavy (non-hydrogen) atoms. The Bertz CT molecular complexity index is 4720.